The van der Waals surface area contributed by atoms with Crippen LogP contribution in [0.2, 0.25) is 0 Å². The molecule has 0 spiro atoms. The van der Waals surface area contributed by atoms with Crippen LogP contribution in [0.1, 0.15) is 18.4 Å². The van der Waals surface area contributed by atoms with Crippen molar-refractivity contribution >= 4 is 16.9 Å². The first kappa shape index (κ1) is 17.9. The standard InChI is InChI=1S/C16H25N3O3S/c1-19(2)9-5-6-16-18-17-13(11-23(16)20)12-7-8-14(21-3)15(10-12)22-4/h7-8,10,16,18H,5-6,9,11H2,1-4H3. The van der Waals surface area contributed by atoms with E-state index in [0.29, 0.717) is 17.3 Å². The highest BCUT2D eigenvalue weighted by Crippen LogP contribution is 2.28. The molecule has 2 atom stereocenters. The fourth-order valence-electron chi connectivity index (χ4n) is 2.43. The smallest absolute Gasteiger partial charge is 0.200 e. The molecule has 0 bridgehead atoms. The second-order valence-electron chi connectivity index (χ2n) is 5.72. The van der Waals surface area contributed by atoms with E-state index in [1.54, 1.807) is 14.2 Å². The average Bonchev–Trinajstić information content (AvgIpc) is 2.55. The molecule has 1 aromatic rings. The van der Waals surface area contributed by atoms with E-state index in [-0.39, 0.29) is 5.37 Å². The molecule has 23 heavy (non-hydrogen) atoms. The van der Waals surface area contributed by atoms with Gasteiger partial charge in [-0.05, 0) is 56.4 Å². The largest absolute Gasteiger partial charge is 0.614 e. The minimum Gasteiger partial charge on any atom is -0.614 e. The zero-order valence-corrected chi connectivity index (χ0v) is 15.0. The molecule has 7 heteroatoms. The Hall–Kier alpha value is -1.44. The highest BCUT2D eigenvalue weighted by molar-refractivity contribution is 7.92. The van der Waals surface area contributed by atoms with Crippen LogP contribution in [-0.2, 0) is 11.2 Å². The van der Waals surface area contributed by atoms with Crippen LogP contribution in [0.4, 0.5) is 0 Å². The molecule has 0 saturated heterocycles. The predicted octanol–water partition coefficient (Wildman–Crippen LogP) is 1.43. The minimum absolute atomic E-state index is 0.0705. The number of nitrogens with one attached hydrogen (secondary N) is 1. The third-order valence-corrected chi connectivity index (χ3v) is 5.26. The van der Waals surface area contributed by atoms with E-state index in [1.165, 1.54) is 0 Å². The maximum Gasteiger partial charge on any atom is 0.200 e. The number of hydrazone groups is 1. The van der Waals surface area contributed by atoms with E-state index >= 15 is 0 Å². The van der Waals surface area contributed by atoms with Crippen LogP contribution < -0.4 is 14.9 Å². The summed E-state index contributed by atoms with van der Waals surface area (Å²) in [5, 5.41) is 4.35. The van der Waals surface area contributed by atoms with Crippen LogP contribution >= 0.6 is 0 Å². The fourth-order valence-corrected chi connectivity index (χ4v) is 3.73. The van der Waals surface area contributed by atoms with Crippen molar-refractivity contribution in [3.63, 3.8) is 0 Å². The Bertz CT molecular complexity index is 551. The lowest BCUT2D eigenvalue weighted by Gasteiger charge is -2.27. The van der Waals surface area contributed by atoms with Gasteiger partial charge in [-0.2, -0.15) is 5.10 Å². The Morgan fingerprint density at radius 3 is 2.65 bits per heavy atom. The SMILES string of the molecule is COc1ccc(C2=NNC(CCCN(C)C)[S+]([O-])C2)cc1OC. The normalized spacial score (nSPS) is 20.9. The monoisotopic (exact) mass is 339 g/mol. The molecule has 1 aliphatic rings. The highest BCUT2D eigenvalue weighted by atomic mass is 32.2. The fraction of sp³-hybridized carbons (Fsp3) is 0.562. The number of hydrogen-bond acceptors (Lipinski definition) is 6. The molecule has 0 saturated carbocycles. The molecule has 1 heterocycles. The van der Waals surface area contributed by atoms with Crippen molar-refractivity contribution in [2.24, 2.45) is 5.10 Å². The summed E-state index contributed by atoms with van der Waals surface area (Å²) in [6, 6.07) is 5.61. The third kappa shape index (κ3) is 4.76. The van der Waals surface area contributed by atoms with E-state index in [0.717, 1.165) is 30.7 Å². The lowest BCUT2D eigenvalue weighted by Crippen LogP contribution is -2.43. The summed E-state index contributed by atoms with van der Waals surface area (Å²) >= 11 is -0.971. The second-order valence-corrected chi connectivity index (χ2v) is 7.34. The third-order valence-electron chi connectivity index (χ3n) is 3.73. The van der Waals surface area contributed by atoms with Crippen molar-refractivity contribution < 1.29 is 14.0 Å². The van der Waals surface area contributed by atoms with Crippen LogP contribution in [0, 0.1) is 0 Å². The van der Waals surface area contributed by atoms with Gasteiger partial charge >= 0.3 is 0 Å². The number of nitrogens with zero attached hydrogens (tertiary/aromatic N) is 2. The van der Waals surface area contributed by atoms with Crippen LogP contribution in [0.3, 0.4) is 0 Å². The van der Waals surface area contributed by atoms with Crippen molar-refractivity contribution in [3.05, 3.63) is 23.8 Å². The quantitative estimate of drug-likeness (QED) is 0.761. The van der Waals surface area contributed by atoms with Gasteiger partial charge in [0.2, 0.25) is 5.37 Å². The summed E-state index contributed by atoms with van der Waals surface area (Å²) in [6.45, 7) is 0.988. The summed E-state index contributed by atoms with van der Waals surface area (Å²) in [5.41, 5.74) is 4.74. The van der Waals surface area contributed by atoms with Crippen molar-refractivity contribution in [1.29, 1.82) is 0 Å². The molecule has 1 N–H and O–H groups in total. The van der Waals surface area contributed by atoms with Gasteiger partial charge in [0.1, 0.15) is 5.71 Å². The predicted molar refractivity (Wildman–Crippen MR) is 93.8 cm³/mol. The number of ether oxygens (including phenoxy) is 2. The molecule has 128 valence electrons. The maximum atomic E-state index is 12.4. The lowest BCUT2D eigenvalue weighted by atomic mass is 10.1. The van der Waals surface area contributed by atoms with Crippen molar-refractivity contribution in [3.8, 4) is 11.5 Å². The first-order chi connectivity index (χ1) is 11.0. The number of hydrogen-bond donors (Lipinski definition) is 1. The molecule has 1 aromatic carbocycles. The molecule has 0 radical (unpaired) electrons. The van der Waals surface area contributed by atoms with Gasteiger partial charge in [0.15, 0.2) is 17.3 Å². The molecule has 2 unspecified atom stereocenters. The summed E-state index contributed by atoms with van der Waals surface area (Å²) in [4.78, 5) is 2.13. The highest BCUT2D eigenvalue weighted by Gasteiger charge is 2.28. The Morgan fingerprint density at radius 2 is 2.04 bits per heavy atom. The summed E-state index contributed by atoms with van der Waals surface area (Å²) in [6.07, 6.45) is 1.85. The van der Waals surface area contributed by atoms with Crippen LogP contribution in [0.15, 0.2) is 23.3 Å². The van der Waals surface area contributed by atoms with Crippen molar-refractivity contribution in [2.75, 3.05) is 40.6 Å². The first-order valence-corrected chi connectivity index (χ1v) is 8.99. The van der Waals surface area contributed by atoms with Crippen LogP contribution in [-0.4, -0.2) is 61.2 Å². The van der Waals surface area contributed by atoms with Crippen molar-refractivity contribution in [1.82, 2.24) is 10.3 Å². The Morgan fingerprint density at radius 1 is 1.30 bits per heavy atom. The first-order valence-electron chi connectivity index (χ1n) is 7.61. The minimum atomic E-state index is -0.971. The van der Waals surface area contributed by atoms with Gasteiger partial charge < -0.3 is 18.9 Å². The van der Waals surface area contributed by atoms with Crippen LogP contribution in [0.5, 0.6) is 11.5 Å². The lowest BCUT2D eigenvalue weighted by molar-refractivity contribution is 0.355. The van der Waals surface area contributed by atoms with Crippen LogP contribution in [0.25, 0.3) is 0 Å². The maximum absolute atomic E-state index is 12.4. The number of rotatable bonds is 7. The van der Waals surface area contributed by atoms with E-state index in [2.05, 4.69) is 15.4 Å². The van der Waals surface area contributed by atoms with Gasteiger partial charge in [-0.15, -0.1) is 0 Å². The molecule has 2 rings (SSSR count). The van der Waals surface area contributed by atoms with Crippen molar-refractivity contribution in [2.45, 2.75) is 18.2 Å². The Labute approximate surface area is 141 Å². The molecule has 0 aromatic heterocycles. The van der Waals surface area contributed by atoms with E-state index in [9.17, 15) is 4.55 Å². The summed E-state index contributed by atoms with van der Waals surface area (Å²) < 4.78 is 23.0. The molecular weight excluding hydrogens is 314 g/mol. The molecule has 0 amide bonds. The average molecular weight is 339 g/mol. The van der Waals surface area contributed by atoms with Gasteiger partial charge in [-0.3, -0.25) is 5.43 Å². The Balaban J connectivity index is 2.03. The summed E-state index contributed by atoms with van der Waals surface area (Å²) in [5.74, 6) is 1.77. The Kier molecular flexibility index (Phi) is 6.56. The summed E-state index contributed by atoms with van der Waals surface area (Å²) in [7, 11) is 7.28. The van der Waals surface area contributed by atoms with Gasteiger partial charge in [0, 0.05) is 12.0 Å². The molecule has 1 aliphatic heterocycles. The van der Waals surface area contributed by atoms with E-state index in [1.807, 2.05) is 32.3 Å². The molecule has 0 aliphatic carbocycles. The second kappa shape index (κ2) is 8.42. The van der Waals surface area contributed by atoms with Gasteiger partial charge in [-0.25, -0.2) is 0 Å². The van der Waals surface area contributed by atoms with Gasteiger partial charge in [-0.1, -0.05) is 0 Å². The zero-order valence-electron chi connectivity index (χ0n) is 14.2. The molecule has 0 fully saturated rings. The van der Waals surface area contributed by atoms with Gasteiger partial charge in [0.05, 0.1) is 14.2 Å². The number of benzene rings is 1. The van der Waals surface area contributed by atoms with E-state index in [4.69, 9.17) is 9.47 Å². The van der Waals surface area contributed by atoms with Gasteiger partial charge in [0.25, 0.3) is 0 Å². The topological polar surface area (TPSA) is 69.2 Å². The van der Waals surface area contributed by atoms with E-state index < -0.39 is 11.2 Å². The number of methoxy groups -OCH3 is 2. The molecular formula is C16H25N3O3S. The molecule has 6 nitrogen and oxygen atoms in total. The zero-order chi connectivity index (χ0) is 16.8.